The monoisotopic (exact) mass is 311 g/mol. The molecular weight excluding hydrogens is 290 g/mol. The first kappa shape index (κ1) is 15.2. The molecule has 3 heteroatoms. The van der Waals surface area contributed by atoms with Gasteiger partial charge in [-0.2, -0.15) is 0 Å². The van der Waals surface area contributed by atoms with E-state index in [1.165, 1.54) is 5.56 Å². The Balaban J connectivity index is 2.77. The fourth-order valence-corrected chi connectivity index (χ4v) is 2.01. The Labute approximate surface area is 118 Å². The lowest BCUT2D eigenvalue weighted by Gasteiger charge is -2.22. The predicted octanol–water partition coefficient (Wildman–Crippen LogP) is 4.06. The average molecular weight is 312 g/mol. The summed E-state index contributed by atoms with van der Waals surface area (Å²) in [5.74, 6) is 0.623. The number of rotatable bonds is 6. The van der Waals surface area contributed by atoms with Crippen LogP contribution in [0.3, 0.4) is 0 Å². The van der Waals surface area contributed by atoms with Crippen LogP contribution < -0.4 is 5.32 Å². The molecule has 0 aliphatic carbocycles. The molecule has 1 N–H and O–H groups in total. The molecule has 0 saturated heterocycles. The second-order valence-electron chi connectivity index (χ2n) is 4.98. The summed E-state index contributed by atoms with van der Waals surface area (Å²) >= 11 is 3.40. The van der Waals surface area contributed by atoms with Crippen LogP contribution in [0.5, 0.6) is 0 Å². The van der Waals surface area contributed by atoms with E-state index in [1.54, 1.807) is 0 Å². The Morgan fingerprint density at radius 1 is 1.28 bits per heavy atom. The lowest BCUT2D eigenvalue weighted by atomic mass is 9.97. The van der Waals surface area contributed by atoms with E-state index in [2.05, 4.69) is 47.2 Å². The Morgan fingerprint density at radius 3 is 2.39 bits per heavy atom. The largest absolute Gasteiger partial charge is 0.348 e. The fourth-order valence-electron chi connectivity index (χ4n) is 1.88. The molecule has 1 aromatic rings. The number of carbonyl (C=O) groups excluding carboxylic acids is 1. The zero-order chi connectivity index (χ0) is 13.5. The van der Waals surface area contributed by atoms with Gasteiger partial charge in [0, 0.05) is 0 Å². The van der Waals surface area contributed by atoms with E-state index >= 15 is 0 Å². The number of carbonyl (C=O) groups is 1. The van der Waals surface area contributed by atoms with Gasteiger partial charge in [0.15, 0.2) is 0 Å². The molecule has 1 aromatic carbocycles. The van der Waals surface area contributed by atoms with Gasteiger partial charge in [0.1, 0.15) is 0 Å². The van der Waals surface area contributed by atoms with Gasteiger partial charge in [-0.3, -0.25) is 4.79 Å². The van der Waals surface area contributed by atoms with Crippen molar-refractivity contribution >= 4 is 21.8 Å². The minimum absolute atomic E-state index is 0.0759. The van der Waals surface area contributed by atoms with Crippen LogP contribution >= 0.6 is 15.9 Å². The lowest BCUT2D eigenvalue weighted by Crippen LogP contribution is -2.34. The van der Waals surface area contributed by atoms with E-state index in [9.17, 15) is 4.79 Å². The molecule has 0 fully saturated rings. The van der Waals surface area contributed by atoms with Gasteiger partial charge in [-0.15, -0.1) is 0 Å². The van der Waals surface area contributed by atoms with Gasteiger partial charge in [0.2, 0.25) is 5.91 Å². The summed E-state index contributed by atoms with van der Waals surface area (Å²) in [6.45, 7) is 6.35. The van der Waals surface area contributed by atoms with E-state index in [1.807, 2.05) is 25.1 Å². The average Bonchev–Trinajstić information content (AvgIpc) is 2.37. The standard InChI is InChI=1S/C15H22BrNO/c1-4-13(16)15(18)17-14(10-11(2)3)12-8-6-5-7-9-12/h5-9,11,13-14H,4,10H2,1-3H3,(H,17,18). The van der Waals surface area contributed by atoms with Crippen LogP contribution in [0.25, 0.3) is 0 Å². The zero-order valence-corrected chi connectivity index (χ0v) is 12.9. The molecule has 2 atom stereocenters. The summed E-state index contributed by atoms with van der Waals surface area (Å²) in [6, 6.07) is 10.3. The number of amides is 1. The molecule has 0 radical (unpaired) electrons. The van der Waals surface area contributed by atoms with Crippen molar-refractivity contribution in [3.8, 4) is 0 Å². The molecule has 0 aromatic heterocycles. The van der Waals surface area contributed by atoms with Crippen LogP contribution in [0.4, 0.5) is 0 Å². The zero-order valence-electron chi connectivity index (χ0n) is 11.3. The summed E-state index contributed by atoms with van der Waals surface area (Å²) < 4.78 is 0. The SMILES string of the molecule is CCC(Br)C(=O)NC(CC(C)C)c1ccccc1. The van der Waals surface area contributed by atoms with Crippen LogP contribution in [0, 0.1) is 5.92 Å². The maximum Gasteiger partial charge on any atom is 0.234 e. The lowest BCUT2D eigenvalue weighted by molar-refractivity contribution is -0.121. The molecule has 2 unspecified atom stereocenters. The van der Waals surface area contributed by atoms with Crippen LogP contribution in [-0.4, -0.2) is 10.7 Å². The highest BCUT2D eigenvalue weighted by Crippen LogP contribution is 2.21. The van der Waals surface area contributed by atoms with Crippen molar-refractivity contribution in [2.75, 3.05) is 0 Å². The first-order chi connectivity index (χ1) is 8.54. The maximum absolute atomic E-state index is 12.0. The second kappa shape index (κ2) is 7.57. The molecule has 2 nitrogen and oxygen atoms in total. The highest BCUT2D eigenvalue weighted by Gasteiger charge is 2.19. The van der Waals surface area contributed by atoms with Gasteiger partial charge >= 0.3 is 0 Å². The molecule has 0 aliphatic heterocycles. The minimum atomic E-state index is -0.101. The Bertz CT molecular complexity index is 364. The summed E-state index contributed by atoms with van der Waals surface area (Å²) in [6.07, 6.45) is 1.76. The second-order valence-corrected chi connectivity index (χ2v) is 6.08. The first-order valence-corrected chi connectivity index (χ1v) is 7.45. The van der Waals surface area contributed by atoms with Gasteiger partial charge < -0.3 is 5.32 Å². The van der Waals surface area contributed by atoms with Crippen LogP contribution in [0.1, 0.15) is 45.2 Å². The summed E-state index contributed by atoms with van der Waals surface area (Å²) in [5.41, 5.74) is 1.18. The van der Waals surface area contributed by atoms with Crippen molar-refractivity contribution in [1.82, 2.24) is 5.32 Å². The normalized spacial score (nSPS) is 14.3. The van der Waals surface area contributed by atoms with Crippen LogP contribution in [0.2, 0.25) is 0 Å². The van der Waals surface area contributed by atoms with Gasteiger partial charge in [0.05, 0.1) is 10.9 Å². The van der Waals surface area contributed by atoms with E-state index < -0.39 is 0 Å². The minimum Gasteiger partial charge on any atom is -0.348 e. The Morgan fingerprint density at radius 2 is 1.89 bits per heavy atom. The van der Waals surface area contributed by atoms with Crippen molar-refractivity contribution in [3.63, 3.8) is 0 Å². The molecule has 1 amide bonds. The molecular formula is C15H22BrNO. The molecule has 0 spiro atoms. The van der Waals surface area contributed by atoms with E-state index in [0.717, 1.165) is 12.8 Å². The van der Waals surface area contributed by atoms with Gasteiger partial charge in [-0.05, 0) is 24.3 Å². The number of hydrogen-bond donors (Lipinski definition) is 1. The molecule has 0 bridgehead atoms. The number of halogens is 1. The first-order valence-electron chi connectivity index (χ1n) is 6.54. The smallest absolute Gasteiger partial charge is 0.234 e. The van der Waals surface area contributed by atoms with E-state index in [4.69, 9.17) is 0 Å². The van der Waals surface area contributed by atoms with Crippen molar-refractivity contribution in [1.29, 1.82) is 0 Å². The highest BCUT2D eigenvalue weighted by molar-refractivity contribution is 9.10. The Hall–Kier alpha value is -0.830. The van der Waals surface area contributed by atoms with Crippen molar-refractivity contribution in [2.24, 2.45) is 5.92 Å². The fraction of sp³-hybridized carbons (Fsp3) is 0.533. The topological polar surface area (TPSA) is 29.1 Å². The van der Waals surface area contributed by atoms with Gasteiger partial charge in [-0.25, -0.2) is 0 Å². The molecule has 0 heterocycles. The molecule has 100 valence electrons. The van der Waals surface area contributed by atoms with Crippen LogP contribution in [-0.2, 0) is 4.79 Å². The number of alkyl halides is 1. The van der Waals surface area contributed by atoms with Crippen molar-refractivity contribution in [2.45, 2.75) is 44.5 Å². The quantitative estimate of drug-likeness (QED) is 0.789. The van der Waals surface area contributed by atoms with E-state index in [-0.39, 0.29) is 16.8 Å². The molecule has 0 aliphatic rings. The number of hydrogen-bond acceptors (Lipinski definition) is 1. The highest BCUT2D eigenvalue weighted by atomic mass is 79.9. The molecule has 1 rings (SSSR count). The summed E-state index contributed by atoms with van der Waals surface area (Å²) in [7, 11) is 0. The van der Waals surface area contributed by atoms with E-state index in [0.29, 0.717) is 5.92 Å². The van der Waals surface area contributed by atoms with Crippen molar-refractivity contribution < 1.29 is 4.79 Å². The predicted molar refractivity (Wildman–Crippen MR) is 79.8 cm³/mol. The molecule has 0 saturated carbocycles. The van der Waals surface area contributed by atoms with Crippen molar-refractivity contribution in [3.05, 3.63) is 35.9 Å². The number of nitrogens with one attached hydrogen (secondary N) is 1. The maximum atomic E-state index is 12.0. The van der Waals surface area contributed by atoms with Gasteiger partial charge in [0.25, 0.3) is 0 Å². The summed E-state index contributed by atoms with van der Waals surface area (Å²) in [5, 5.41) is 3.13. The third-order valence-corrected chi connectivity index (χ3v) is 3.93. The Kier molecular flexibility index (Phi) is 6.41. The third kappa shape index (κ3) is 4.81. The van der Waals surface area contributed by atoms with Gasteiger partial charge in [-0.1, -0.05) is 67.0 Å². The molecule has 18 heavy (non-hydrogen) atoms. The third-order valence-electron chi connectivity index (χ3n) is 2.87. The van der Waals surface area contributed by atoms with Crippen LogP contribution in [0.15, 0.2) is 30.3 Å². The summed E-state index contributed by atoms with van der Waals surface area (Å²) in [4.78, 5) is 11.9. The number of benzene rings is 1.